The largest absolute Gasteiger partial charge is 0.228 e. The van der Waals surface area contributed by atoms with E-state index >= 15 is 0 Å². The summed E-state index contributed by atoms with van der Waals surface area (Å²) in [6, 6.07) is 5.14. The Bertz CT molecular complexity index is 419. The molecular weight excluding hydrogens is 325 g/mol. The van der Waals surface area contributed by atoms with Gasteiger partial charge in [0.05, 0.1) is 5.75 Å². The van der Waals surface area contributed by atoms with E-state index in [2.05, 4.69) is 22.6 Å². The third-order valence-corrected chi connectivity index (χ3v) is 3.11. The molecule has 1 aromatic carbocycles. The fourth-order valence-corrected chi connectivity index (χ4v) is 2.54. The number of primary sulfonamides is 1. The quantitative estimate of drug-likeness (QED) is 0.839. The second-order valence-corrected chi connectivity index (χ2v) is 5.81. The van der Waals surface area contributed by atoms with Crippen LogP contribution in [0, 0.1) is 3.57 Å². The number of halogens is 2. The van der Waals surface area contributed by atoms with Gasteiger partial charge in [0.25, 0.3) is 0 Å². The normalized spacial score (nSPS) is 11.6. The van der Waals surface area contributed by atoms with E-state index in [4.69, 9.17) is 16.7 Å². The molecule has 0 amide bonds. The van der Waals surface area contributed by atoms with Gasteiger partial charge in [0.2, 0.25) is 10.0 Å². The highest BCUT2D eigenvalue weighted by Gasteiger charge is 2.08. The van der Waals surface area contributed by atoms with E-state index in [1.807, 2.05) is 0 Å². The maximum atomic E-state index is 10.8. The summed E-state index contributed by atoms with van der Waals surface area (Å²) in [4.78, 5) is 0. The fraction of sp³-hybridized carbons (Fsp3) is 0.143. The summed E-state index contributed by atoms with van der Waals surface area (Å²) >= 11 is 7.90. The second-order valence-electron chi connectivity index (χ2n) is 2.54. The fourth-order valence-electron chi connectivity index (χ4n) is 0.855. The number of hydrogen-bond donors (Lipinski definition) is 1. The summed E-state index contributed by atoms with van der Waals surface area (Å²) in [5.74, 6) is -0.219. The molecule has 0 heterocycles. The highest BCUT2D eigenvalue weighted by molar-refractivity contribution is 14.1. The number of rotatable bonds is 2. The number of sulfonamides is 1. The SMILES string of the molecule is NS(=O)(=O)Cc1ccc(I)cc1Cl. The van der Waals surface area contributed by atoms with Gasteiger partial charge < -0.3 is 0 Å². The van der Waals surface area contributed by atoms with Gasteiger partial charge in [0.15, 0.2) is 0 Å². The summed E-state index contributed by atoms with van der Waals surface area (Å²) in [5.41, 5.74) is 0.532. The van der Waals surface area contributed by atoms with Crippen LogP contribution < -0.4 is 5.14 Å². The molecule has 6 heteroatoms. The van der Waals surface area contributed by atoms with Crippen molar-refractivity contribution in [1.29, 1.82) is 0 Å². The zero-order valence-electron chi connectivity index (χ0n) is 6.50. The van der Waals surface area contributed by atoms with E-state index in [1.54, 1.807) is 18.2 Å². The lowest BCUT2D eigenvalue weighted by molar-refractivity contribution is 0.597. The Hall–Kier alpha value is 0.150. The van der Waals surface area contributed by atoms with E-state index in [0.29, 0.717) is 10.6 Å². The number of hydrogen-bond acceptors (Lipinski definition) is 2. The molecule has 0 radical (unpaired) electrons. The molecule has 3 nitrogen and oxygen atoms in total. The molecule has 72 valence electrons. The predicted molar refractivity (Wildman–Crippen MR) is 61.0 cm³/mol. The molecule has 0 aliphatic rings. The van der Waals surface area contributed by atoms with Crippen molar-refractivity contribution < 1.29 is 8.42 Å². The average molecular weight is 332 g/mol. The smallest absolute Gasteiger partial charge is 0.213 e. The molecule has 0 bridgehead atoms. The molecule has 0 atom stereocenters. The second kappa shape index (κ2) is 4.12. The van der Waals surface area contributed by atoms with E-state index in [1.165, 1.54) is 0 Å². The number of nitrogens with two attached hydrogens (primary N) is 1. The minimum Gasteiger partial charge on any atom is -0.228 e. The van der Waals surface area contributed by atoms with Gasteiger partial charge >= 0.3 is 0 Å². The van der Waals surface area contributed by atoms with E-state index in [9.17, 15) is 8.42 Å². The molecule has 0 unspecified atom stereocenters. The van der Waals surface area contributed by atoms with Crippen LogP contribution in [-0.2, 0) is 15.8 Å². The van der Waals surface area contributed by atoms with Crippen LogP contribution in [0.25, 0.3) is 0 Å². The summed E-state index contributed by atoms with van der Waals surface area (Å²) < 4.78 is 22.5. The van der Waals surface area contributed by atoms with Gasteiger partial charge in [0.1, 0.15) is 0 Å². The van der Waals surface area contributed by atoms with Crippen LogP contribution >= 0.6 is 34.2 Å². The molecule has 0 saturated heterocycles. The Morgan fingerprint density at radius 1 is 1.46 bits per heavy atom. The van der Waals surface area contributed by atoms with Gasteiger partial charge in [-0.05, 0) is 40.3 Å². The van der Waals surface area contributed by atoms with Crippen molar-refractivity contribution in [3.63, 3.8) is 0 Å². The Morgan fingerprint density at radius 3 is 2.54 bits per heavy atom. The Morgan fingerprint density at radius 2 is 2.08 bits per heavy atom. The highest BCUT2D eigenvalue weighted by Crippen LogP contribution is 2.20. The molecule has 1 rings (SSSR count). The first-order chi connectivity index (χ1) is 5.88. The Kier molecular flexibility index (Phi) is 3.56. The van der Waals surface area contributed by atoms with E-state index < -0.39 is 10.0 Å². The van der Waals surface area contributed by atoms with Crippen LogP contribution in [0.4, 0.5) is 0 Å². The van der Waals surface area contributed by atoms with Crippen LogP contribution in [0.3, 0.4) is 0 Å². The lowest BCUT2D eigenvalue weighted by Crippen LogP contribution is -2.14. The minimum absolute atomic E-state index is 0.219. The first-order valence-corrected chi connectivity index (χ1v) is 6.50. The summed E-state index contributed by atoms with van der Waals surface area (Å²) in [7, 11) is -3.50. The monoisotopic (exact) mass is 331 g/mol. The van der Waals surface area contributed by atoms with E-state index in [0.717, 1.165) is 3.57 Å². The minimum atomic E-state index is -3.50. The van der Waals surface area contributed by atoms with Crippen molar-refractivity contribution in [2.24, 2.45) is 5.14 Å². The summed E-state index contributed by atoms with van der Waals surface area (Å²) in [6.45, 7) is 0. The molecule has 0 saturated carbocycles. The predicted octanol–water partition coefficient (Wildman–Crippen LogP) is 1.73. The first-order valence-electron chi connectivity index (χ1n) is 3.33. The van der Waals surface area contributed by atoms with Gasteiger partial charge in [-0.25, -0.2) is 13.6 Å². The third-order valence-electron chi connectivity index (χ3n) is 1.37. The van der Waals surface area contributed by atoms with Crippen LogP contribution in [0.5, 0.6) is 0 Å². The van der Waals surface area contributed by atoms with Crippen molar-refractivity contribution >= 4 is 44.2 Å². The van der Waals surface area contributed by atoms with Gasteiger partial charge in [-0.15, -0.1) is 0 Å². The molecule has 0 spiro atoms. The lowest BCUT2D eigenvalue weighted by Gasteiger charge is -2.02. The average Bonchev–Trinajstić information content (AvgIpc) is 1.93. The van der Waals surface area contributed by atoms with Crippen LogP contribution in [0.15, 0.2) is 18.2 Å². The molecule has 1 aromatic rings. The maximum Gasteiger partial charge on any atom is 0.213 e. The molecule has 13 heavy (non-hydrogen) atoms. The Balaban J connectivity index is 3.04. The zero-order valence-corrected chi connectivity index (χ0v) is 10.2. The third kappa shape index (κ3) is 3.80. The van der Waals surface area contributed by atoms with E-state index in [-0.39, 0.29) is 5.75 Å². The van der Waals surface area contributed by atoms with Crippen molar-refractivity contribution in [3.8, 4) is 0 Å². The van der Waals surface area contributed by atoms with Gasteiger partial charge in [-0.3, -0.25) is 0 Å². The van der Waals surface area contributed by atoms with Crippen molar-refractivity contribution in [1.82, 2.24) is 0 Å². The number of benzene rings is 1. The van der Waals surface area contributed by atoms with Crippen molar-refractivity contribution in [2.75, 3.05) is 0 Å². The van der Waals surface area contributed by atoms with Crippen LogP contribution in [-0.4, -0.2) is 8.42 Å². The maximum absolute atomic E-state index is 10.8. The zero-order chi connectivity index (χ0) is 10.1. The first kappa shape index (κ1) is 11.2. The molecule has 0 aliphatic heterocycles. The molecule has 2 N–H and O–H groups in total. The molecular formula is C7H7ClINO2S. The lowest BCUT2D eigenvalue weighted by atomic mass is 10.2. The standard InChI is InChI=1S/C7H7ClINO2S/c8-7-3-6(9)2-1-5(7)4-13(10,11)12/h1-3H,4H2,(H2,10,11,12). The van der Waals surface area contributed by atoms with Gasteiger partial charge in [0, 0.05) is 8.59 Å². The molecule has 0 aromatic heterocycles. The summed E-state index contributed by atoms with van der Waals surface area (Å²) in [5, 5.41) is 5.32. The van der Waals surface area contributed by atoms with Crippen molar-refractivity contribution in [2.45, 2.75) is 5.75 Å². The van der Waals surface area contributed by atoms with Gasteiger partial charge in [-0.1, -0.05) is 17.7 Å². The van der Waals surface area contributed by atoms with Crippen LogP contribution in [0.1, 0.15) is 5.56 Å². The highest BCUT2D eigenvalue weighted by atomic mass is 127. The summed E-state index contributed by atoms with van der Waals surface area (Å²) in [6.07, 6.45) is 0. The topological polar surface area (TPSA) is 60.2 Å². The molecule has 0 aliphatic carbocycles. The molecule has 0 fully saturated rings. The van der Waals surface area contributed by atoms with Crippen LogP contribution in [0.2, 0.25) is 5.02 Å². The Labute approximate surface area is 95.5 Å². The van der Waals surface area contributed by atoms with Gasteiger partial charge in [-0.2, -0.15) is 0 Å². The van der Waals surface area contributed by atoms with Crippen molar-refractivity contribution in [3.05, 3.63) is 32.4 Å².